The number of rotatable bonds is 7. The van der Waals surface area contributed by atoms with Crippen molar-refractivity contribution >= 4 is 39.2 Å². The van der Waals surface area contributed by atoms with Gasteiger partial charge in [0.1, 0.15) is 18.2 Å². The van der Waals surface area contributed by atoms with Gasteiger partial charge in [0.05, 0.1) is 18.0 Å². The van der Waals surface area contributed by atoms with Crippen LogP contribution in [0.1, 0.15) is 31.9 Å². The van der Waals surface area contributed by atoms with Gasteiger partial charge in [-0.2, -0.15) is 5.10 Å². The SMILES string of the molecule is CO/N=C(/C)c1cc(-c2c3c(=O)n(C)c(=O)n(CC(C)C)c3nn2Cc2c[nH]c3ccc(Cl)cc23)n(C)c1. The Morgan fingerprint density at radius 2 is 1.97 bits per heavy atom. The van der Waals surface area contributed by atoms with Gasteiger partial charge in [0.25, 0.3) is 5.56 Å². The van der Waals surface area contributed by atoms with Crippen molar-refractivity contribution in [3.8, 4) is 11.4 Å². The van der Waals surface area contributed by atoms with Gasteiger partial charge in [-0.05, 0) is 42.7 Å². The first-order valence-electron chi connectivity index (χ1n) is 12.3. The average Bonchev–Trinajstić information content (AvgIpc) is 3.56. The van der Waals surface area contributed by atoms with Crippen molar-refractivity contribution in [1.29, 1.82) is 0 Å². The van der Waals surface area contributed by atoms with E-state index in [4.69, 9.17) is 21.5 Å². The summed E-state index contributed by atoms with van der Waals surface area (Å²) in [6, 6.07) is 7.62. The highest BCUT2D eigenvalue weighted by atomic mass is 35.5. The average molecular weight is 536 g/mol. The van der Waals surface area contributed by atoms with E-state index in [9.17, 15) is 9.59 Å². The molecule has 0 amide bonds. The minimum Gasteiger partial charge on any atom is -0.399 e. The maximum Gasteiger partial charge on any atom is 0.332 e. The molecule has 1 aromatic carbocycles. The Hall–Kier alpha value is -4.05. The summed E-state index contributed by atoms with van der Waals surface area (Å²) in [5.74, 6) is 0.173. The van der Waals surface area contributed by atoms with Crippen molar-refractivity contribution < 1.29 is 4.84 Å². The Morgan fingerprint density at radius 3 is 2.68 bits per heavy atom. The van der Waals surface area contributed by atoms with Crippen LogP contribution < -0.4 is 11.2 Å². The molecule has 11 heteroatoms. The molecule has 10 nitrogen and oxygen atoms in total. The summed E-state index contributed by atoms with van der Waals surface area (Å²) in [7, 11) is 4.92. The fraction of sp³-hybridized carbons (Fsp3) is 0.333. The summed E-state index contributed by atoms with van der Waals surface area (Å²) in [5.41, 5.74) is 4.41. The number of H-pyrrole nitrogens is 1. The van der Waals surface area contributed by atoms with E-state index < -0.39 is 5.56 Å². The molecule has 1 N–H and O–H groups in total. The summed E-state index contributed by atoms with van der Waals surface area (Å²) in [6.45, 7) is 6.69. The number of benzene rings is 1. The molecule has 5 rings (SSSR count). The molecule has 0 aliphatic carbocycles. The fourth-order valence-electron chi connectivity index (χ4n) is 4.90. The van der Waals surface area contributed by atoms with Gasteiger partial charge >= 0.3 is 5.69 Å². The van der Waals surface area contributed by atoms with Crippen LogP contribution in [0.3, 0.4) is 0 Å². The molecule has 0 atom stereocenters. The molecule has 4 heterocycles. The molecule has 0 aliphatic rings. The van der Waals surface area contributed by atoms with Gasteiger partial charge < -0.3 is 14.4 Å². The van der Waals surface area contributed by atoms with Crippen LogP contribution in [0.15, 0.2) is 51.4 Å². The van der Waals surface area contributed by atoms with Crippen LogP contribution in [-0.4, -0.2) is 41.3 Å². The van der Waals surface area contributed by atoms with Crippen molar-refractivity contribution in [1.82, 2.24) is 28.5 Å². The Kier molecular flexibility index (Phi) is 6.52. The summed E-state index contributed by atoms with van der Waals surface area (Å²) in [4.78, 5) is 35.1. The quantitative estimate of drug-likeness (QED) is 0.250. The number of aromatic nitrogens is 6. The van der Waals surface area contributed by atoms with Crippen LogP contribution in [0.5, 0.6) is 0 Å². The molecule has 0 radical (unpaired) electrons. The van der Waals surface area contributed by atoms with Gasteiger partial charge in [0.15, 0.2) is 5.65 Å². The number of aryl methyl sites for hydroxylation is 1. The number of nitrogens with one attached hydrogen (secondary N) is 1. The molecule has 0 bridgehead atoms. The van der Waals surface area contributed by atoms with E-state index in [1.54, 1.807) is 9.25 Å². The van der Waals surface area contributed by atoms with E-state index in [2.05, 4.69) is 10.1 Å². The third kappa shape index (κ3) is 4.24. The van der Waals surface area contributed by atoms with E-state index >= 15 is 0 Å². The van der Waals surface area contributed by atoms with Crippen molar-refractivity contribution in [3.63, 3.8) is 0 Å². The van der Waals surface area contributed by atoms with Crippen molar-refractivity contribution in [2.24, 2.45) is 25.2 Å². The number of halogens is 1. The van der Waals surface area contributed by atoms with Gasteiger partial charge in [-0.1, -0.05) is 30.6 Å². The Bertz CT molecular complexity index is 1830. The van der Waals surface area contributed by atoms with Crippen LogP contribution >= 0.6 is 11.6 Å². The highest BCUT2D eigenvalue weighted by Crippen LogP contribution is 2.30. The normalized spacial score (nSPS) is 12.4. The molecule has 0 fully saturated rings. The Labute approximate surface area is 223 Å². The third-order valence-electron chi connectivity index (χ3n) is 6.72. The van der Waals surface area contributed by atoms with Gasteiger partial charge in [0.2, 0.25) is 0 Å². The maximum atomic E-state index is 13.6. The summed E-state index contributed by atoms with van der Waals surface area (Å²) >= 11 is 6.30. The van der Waals surface area contributed by atoms with Crippen LogP contribution in [0.25, 0.3) is 33.3 Å². The third-order valence-corrected chi connectivity index (χ3v) is 6.95. The standard InChI is InChI=1S/C27H30ClN7O3/c1-15(2)12-34-25-23(26(36)33(5)27(34)37)24(22-9-17(13-32(22)4)16(3)31-38-6)35(30-25)14-18-11-29-21-8-7-19(28)10-20(18)21/h7-11,13,15,29H,12,14H2,1-6H3/b31-16-. The smallest absolute Gasteiger partial charge is 0.332 e. The number of hydrogen-bond donors (Lipinski definition) is 1. The molecule has 0 saturated carbocycles. The second-order valence-corrected chi connectivity index (χ2v) is 10.4. The lowest BCUT2D eigenvalue weighted by atomic mass is 10.1. The zero-order valence-electron chi connectivity index (χ0n) is 22.2. The summed E-state index contributed by atoms with van der Waals surface area (Å²) in [5, 5.41) is 10.9. The monoisotopic (exact) mass is 535 g/mol. The van der Waals surface area contributed by atoms with Gasteiger partial charge in [-0.15, -0.1) is 0 Å². The largest absolute Gasteiger partial charge is 0.399 e. The second-order valence-electron chi connectivity index (χ2n) is 9.94. The molecule has 0 aliphatic heterocycles. The van der Waals surface area contributed by atoms with E-state index in [1.165, 1.54) is 14.2 Å². The van der Waals surface area contributed by atoms with Crippen molar-refractivity contribution in [3.05, 3.63) is 73.6 Å². The van der Waals surface area contributed by atoms with Crippen LogP contribution in [0, 0.1) is 5.92 Å². The zero-order valence-corrected chi connectivity index (χ0v) is 23.0. The molecule has 0 saturated heterocycles. The van der Waals surface area contributed by atoms with E-state index in [-0.39, 0.29) is 11.6 Å². The predicted octanol–water partition coefficient (Wildman–Crippen LogP) is 4.11. The van der Waals surface area contributed by atoms with Crippen molar-refractivity contribution in [2.75, 3.05) is 7.11 Å². The first-order chi connectivity index (χ1) is 18.1. The van der Waals surface area contributed by atoms with Crippen molar-refractivity contribution in [2.45, 2.75) is 33.9 Å². The molecule has 0 spiro atoms. The predicted molar refractivity (Wildman–Crippen MR) is 150 cm³/mol. The number of oxime groups is 1. The zero-order chi connectivity index (χ0) is 27.3. The lowest BCUT2D eigenvalue weighted by molar-refractivity contribution is 0.213. The minimum atomic E-state index is -0.391. The topological polar surface area (TPSA) is 104 Å². The molecular weight excluding hydrogens is 506 g/mol. The highest BCUT2D eigenvalue weighted by molar-refractivity contribution is 6.31. The lowest BCUT2D eigenvalue weighted by Crippen LogP contribution is -2.38. The van der Waals surface area contributed by atoms with Gasteiger partial charge in [-0.25, -0.2) is 4.79 Å². The summed E-state index contributed by atoms with van der Waals surface area (Å²) < 4.78 is 6.48. The van der Waals surface area contributed by atoms with E-state index in [0.29, 0.717) is 40.6 Å². The Morgan fingerprint density at radius 1 is 1.21 bits per heavy atom. The number of hydrogen-bond acceptors (Lipinski definition) is 5. The van der Waals surface area contributed by atoms with Crippen LogP contribution in [0.4, 0.5) is 0 Å². The molecule has 198 valence electrons. The fourth-order valence-corrected chi connectivity index (χ4v) is 5.07. The molecule has 4 aromatic heterocycles. The number of nitrogens with zero attached hydrogens (tertiary/aromatic N) is 6. The lowest BCUT2D eigenvalue weighted by Gasteiger charge is -2.11. The van der Waals surface area contributed by atoms with Crippen LogP contribution in [0.2, 0.25) is 5.02 Å². The molecular formula is C27H30ClN7O3. The second kappa shape index (κ2) is 9.68. The van der Waals surface area contributed by atoms with Crippen LogP contribution in [-0.2, 0) is 32.0 Å². The van der Waals surface area contributed by atoms with E-state index in [1.807, 2.05) is 69.0 Å². The molecule has 5 aromatic rings. The van der Waals surface area contributed by atoms with E-state index in [0.717, 1.165) is 32.3 Å². The van der Waals surface area contributed by atoms with Gasteiger partial charge in [0, 0.05) is 54.5 Å². The first kappa shape index (κ1) is 25.6. The first-order valence-corrected chi connectivity index (χ1v) is 12.7. The Balaban J connectivity index is 1.84. The molecule has 38 heavy (non-hydrogen) atoms. The number of aromatic amines is 1. The van der Waals surface area contributed by atoms with Gasteiger partial charge in [-0.3, -0.25) is 18.6 Å². The highest BCUT2D eigenvalue weighted by Gasteiger charge is 2.25. The number of fused-ring (bicyclic) bond motifs is 2. The summed E-state index contributed by atoms with van der Waals surface area (Å²) in [6.07, 6.45) is 3.85. The molecule has 0 unspecified atom stereocenters. The maximum absolute atomic E-state index is 13.6. The minimum absolute atomic E-state index is 0.173.